The lowest BCUT2D eigenvalue weighted by Gasteiger charge is -2.31. The monoisotopic (exact) mass is 576 g/mol. The number of aromatic nitrogens is 1. The van der Waals surface area contributed by atoms with Crippen LogP contribution in [-0.2, 0) is 9.53 Å². The molecule has 2 N–H and O–H groups in total. The average molecular weight is 577 g/mol. The first-order valence-electron chi connectivity index (χ1n) is 8.81. The molecule has 0 unspecified atom stereocenters. The molecule has 3 rings (SSSR count). The van der Waals surface area contributed by atoms with E-state index in [4.69, 9.17) is 16.3 Å². The molecule has 2 heterocycles. The van der Waals surface area contributed by atoms with Crippen LogP contribution in [0.15, 0.2) is 24.4 Å². The molecule has 2 aromatic rings. The Labute approximate surface area is 192 Å². The fourth-order valence-electron chi connectivity index (χ4n) is 3.57. The third kappa shape index (κ3) is 4.07. The number of ether oxygens (including phenoxy) is 1. The van der Waals surface area contributed by atoms with Gasteiger partial charge in [0.2, 0.25) is 5.82 Å². The van der Waals surface area contributed by atoms with Crippen LogP contribution in [-0.4, -0.2) is 33.9 Å². The number of phenolic OH excluding ortho intramolecular Hbond substituents is 1. The number of rotatable bonds is 3. The predicted octanol–water partition coefficient (Wildman–Crippen LogP) is 5.40. The van der Waals surface area contributed by atoms with Gasteiger partial charge in [0.05, 0.1) is 9.26 Å². The summed E-state index contributed by atoms with van der Waals surface area (Å²) < 4.78 is 74.5. The first kappa shape index (κ1) is 23.9. The molecule has 1 aliphatic heterocycles. The van der Waals surface area contributed by atoms with E-state index >= 15 is 0 Å². The zero-order valence-corrected chi connectivity index (χ0v) is 18.8. The second-order valence-electron chi connectivity index (χ2n) is 7.21. The van der Waals surface area contributed by atoms with Crippen LogP contribution >= 0.6 is 34.2 Å². The van der Waals surface area contributed by atoms with Crippen molar-refractivity contribution in [1.82, 2.24) is 4.98 Å². The third-order valence-corrected chi connectivity index (χ3v) is 7.19. The van der Waals surface area contributed by atoms with Crippen LogP contribution in [0.4, 0.5) is 27.6 Å². The Morgan fingerprint density at radius 2 is 1.97 bits per heavy atom. The Kier molecular flexibility index (Phi) is 6.42. The molecule has 1 amide bonds. The van der Waals surface area contributed by atoms with Crippen LogP contribution in [0.1, 0.15) is 25.3 Å². The van der Waals surface area contributed by atoms with Crippen LogP contribution in [0.3, 0.4) is 0 Å². The van der Waals surface area contributed by atoms with Crippen molar-refractivity contribution in [2.45, 2.75) is 37.6 Å². The number of amides is 1. The maximum Gasteiger partial charge on any atom is 0.417 e. The molecule has 0 spiro atoms. The number of phenols is 1. The fraction of sp³-hybridized carbons (Fsp3) is 0.368. The molecule has 1 aromatic heterocycles. The summed E-state index contributed by atoms with van der Waals surface area (Å²) in [5.41, 5.74) is -2.99. The number of anilines is 1. The first-order chi connectivity index (χ1) is 14.3. The van der Waals surface area contributed by atoms with Crippen LogP contribution < -0.4 is 5.32 Å². The highest BCUT2D eigenvalue weighted by atomic mass is 127. The highest BCUT2D eigenvalue weighted by Crippen LogP contribution is 2.54. The highest BCUT2D eigenvalue weighted by molar-refractivity contribution is 14.1. The lowest BCUT2D eigenvalue weighted by Crippen LogP contribution is -2.47. The molecule has 1 aliphatic rings. The Balaban J connectivity index is 2.08. The van der Waals surface area contributed by atoms with Crippen molar-refractivity contribution < 1.29 is 36.6 Å². The van der Waals surface area contributed by atoms with Crippen molar-refractivity contribution in [2.75, 3.05) is 5.32 Å². The van der Waals surface area contributed by atoms with Crippen molar-refractivity contribution in [2.24, 2.45) is 5.92 Å². The van der Waals surface area contributed by atoms with E-state index in [1.165, 1.54) is 19.2 Å². The largest absolute Gasteiger partial charge is 0.505 e. The number of hydrogen-bond donors (Lipinski definition) is 2. The third-order valence-electron chi connectivity index (χ3n) is 5.49. The van der Waals surface area contributed by atoms with E-state index in [1.54, 1.807) is 22.6 Å². The molecule has 12 heteroatoms. The summed E-state index contributed by atoms with van der Waals surface area (Å²) >= 11 is 7.70. The Hall–Kier alpha value is -1.73. The standard InChI is InChI=1S/C19H15ClF5IN2O3/c1-7-11(8-3-4-9(21)12(22)14(8)29)15(31-18(7,2)19(23,24)25)17(30)28-10-5-6-27-16(20)13(10)26/h3-7,11,15,29H,1-2H3,(H,27,28,30)/t7-,11-,15+,18+/m0/s1. The summed E-state index contributed by atoms with van der Waals surface area (Å²) in [4.78, 5) is 16.8. The lowest BCUT2D eigenvalue weighted by atomic mass is 9.77. The molecular weight excluding hydrogens is 562 g/mol. The van der Waals surface area contributed by atoms with E-state index in [1.807, 2.05) is 0 Å². The van der Waals surface area contributed by atoms with Crippen molar-refractivity contribution >= 4 is 45.8 Å². The Morgan fingerprint density at radius 3 is 2.58 bits per heavy atom. The molecule has 0 aliphatic carbocycles. The number of carbonyl (C=O) groups is 1. The highest BCUT2D eigenvalue weighted by Gasteiger charge is 2.65. The summed E-state index contributed by atoms with van der Waals surface area (Å²) in [5, 5.41) is 12.6. The Morgan fingerprint density at radius 1 is 1.32 bits per heavy atom. The van der Waals surface area contributed by atoms with Gasteiger partial charge < -0.3 is 15.2 Å². The SMILES string of the molecule is C[C@H]1[C@@H](c2ccc(F)c(F)c2O)[C@H](C(=O)Nc2ccnc(Cl)c2I)O[C@@]1(C)C(F)(F)F. The molecule has 0 radical (unpaired) electrons. The maximum absolute atomic E-state index is 14.0. The second kappa shape index (κ2) is 8.32. The van der Waals surface area contributed by atoms with Gasteiger partial charge in [-0.05, 0) is 41.6 Å². The Bertz CT molecular complexity index is 1040. The minimum Gasteiger partial charge on any atom is -0.505 e. The van der Waals surface area contributed by atoms with Crippen molar-refractivity contribution in [1.29, 1.82) is 0 Å². The average Bonchev–Trinajstić information content (AvgIpc) is 2.96. The molecule has 1 fully saturated rings. The number of nitrogens with one attached hydrogen (secondary N) is 1. The minimum absolute atomic E-state index is 0.0639. The second-order valence-corrected chi connectivity index (χ2v) is 8.65. The summed E-state index contributed by atoms with van der Waals surface area (Å²) in [5.74, 6) is -8.02. The maximum atomic E-state index is 14.0. The number of benzene rings is 1. The summed E-state index contributed by atoms with van der Waals surface area (Å²) in [6.07, 6.45) is -5.38. The number of pyridine rings is 1. The molecule has 31 heavy (non-hydrogen) atoms. The lowest BCUT2D eigenvalue weighted by molar-refractivity contribution is -0.272. The van der Waals surface area contributed by atoms with Crippen LogP contribution in [0.25, 0.3) is 0 Å². The van der Waals surface area contributed by atoms with Gasteiger partial charge in [-0.2, -0.15) is 17.6 Å². The summed E-state index contributed by atoms with van der Waals surface area (Å²) in [6, 6.07) is 2.99. The van der Waals surface area contributed by atoms with Gasteiger partial charge in [0, 0.05) is 23.6 Å². The number of alkyl halides is 3. The van der Waals surface area contributed by atoms with E-state index in [9.17, 15) is 31.9 Å². The molecule has 0 bridgehead atoms. The van der Waals surface area contributed by atoms with E-state index < -0.39 is 53.0 Å². The van der Waals surface area contributed by atoms with Gasteiger partial charge in [-0.1, -0.05) is 24.6 Å². The topological polar surface area (TPSA) is 71.5 Å². The van der Waals surface area contributed by atoms with Gasteiger partial charge in [0.25, 0.3) is 5.91 Å². The predicted molar refractivity (Wildman–Crippen MR) is 110 cm³/mol. The smallest absolute Gasteiger partial charge is 0.417 e. The van der Waals surface area contributed by atoms with Gasteiger partial charge in [-0.25, -0.2) is 9.37 Å². The van der Waals surface area contributed by atoms with Gasteiger partial charge >= 0.3 is 6.18 Å². The zero-order valence-electron chi connectivity index (χ0n) is 15.9. The minimum atomic E-state index is -4.89. The molecule has 1 saturated heterocycles. The van der Waals surface area contributed by atoms with Gasteiger partial charge in [-0.3, -0.25) is 4.79 Å². The number of nitrogens with zero attached hydrogens (tertiary/aromatic N) is 1. The van der Waals surface area contributed by atoms with Crippen molar-refractivity contribution in [3.63, 3.8) is 0 Å². The van der Waals surface area contributed by atoms with Gasteiger partial charge in [0.15, 0.2) is 17.2 Å². The van der Waals surface area contributed by atoms with Crippen LogP contribution in [0.2, 0.25) is 5.15 Å². The van der Waals surface area contributed by atoms with E-state index in [-0.39, 0.29) is 16.4 Å². The van der Waals surface area contributed by atoms with E-state index in [0.717, 1.165) is 13.0 Å². The first-order valence-corrected chi connectivity index (χ1v) is 10.3. The van der Waals surface area contributed by atoms with E-state index in [0.29, 0.717) is 9.64 Å². The number of carbonyl (C=O) groups excluding carboxylic acids is 1. The zero-order chi connectivity index (χ0) is 23.3. The number of aromatic hydroxyl groups is 1. The van der Waals surface area contributed by atoms with Crippen LogP contribution in [0.5, 0.6) is 5.75 Å². The van der Waals surface area contributed by atoms with Crippen molar-refractivity contribution in [3.8, 4) is 5.75 Å². The van der Waals surface area contributed by atoms with E-state index in [2.05, 4.69) is 10.3 Å². The molecule has 168 valence electrons. The van der Waals surface area contributed by atoms with Crippen LogP contribution in [0, 0.1) is 21.1 Å². The summed E-state index contributed by atoms with van der Waals surface area (Å²) in [6.45, 7) is 1.93. The van der Waals surface area contributed by atoms with Gasteiger partial charge in [-0.15, -0.1) is 0 Å². The molecule has 4 atom stereocenters. The quantitative estimate of drug-likeness (QED) is 0.292. The van der Waals surface area contributed by atoms with Gasteiger partial charge in [0.1, 0.15) is 11.3 Å². The fourth-order valence-corrected chi connectivity index (χ4v) is 4.18. The number of halogens is 7. The molecular formula is C19H15ClF5IN2O3. The molecule has 5 nitrogen and oxygen atoms in total. The normalized spacial score (nSPS) is 26.2. The van der Waals surface area contributed by atoms with Crippen molar-refractivity contribution in [3.05, 3.63) is 50.3 Å². The summed E-state index contributed by atoms with van der Waals surface area (Å²) in [7, 11) is 0. The molecule has 0 saturated carbocycles. The molecule has 1 aromatic carbocycles. The number of hydrogen-bond acceptors (Lipinski definition) is 4.